The van der Waals surface area contributed by atoms with E-state index in [0.29, 0.717) is 35.0 Å². The average Bonchev–Trinajstić information content (AvgIpc) is 3.11. The SMILES string of the molecule is O=C1CC(c2ccc(Cl)cc2)Cc2nc3nc(-c4ccccc4)nn3cc21. The summed E-state index contributed by atoms with van der Waals surface area (Å²) in [4.78, 5) is 21.9. The van der Waals surface area contributed by atoms with E-state index in [1.807, 2.05) is 54.6 Å². The van der Waals surface area contributed by atoms with Crippen LogP contribution in [-0.2, 0) is 6.42 Å². The van der Waals surface area contributed by atoms with Crippen LogP contribution in [0.25, 0.3) is 17.2 Å². The van der Waals surface area contributed by atoms with Crippen molar-refractivity contribution in [2.75, 3.05) is 0 Å². The van der Waals surface area contributed by atoms with Crippen LogP contribution in [-0.4, -0.2) is 25.4 Å². The molecule has 0 aliphatic heterocycles. The number of Topliss-reactive ketones (excluding diaryl/α,β-unsaturated/α-hetero) is 1. The van der Waals surface area contributed by atoms with Gasteiger partial charge >= 0.3 is 0 Å². The Hall–Kier alpha value is -3.05. The van der Waals surface area contributed by atoms with Crippen LogP contribution in [0, 0.1) is 0 Å². The van der Waals surface area contributed by atoms with Gasteiger partial charge in [-0.2, -0.15) is 4.98 Å². The Bertz CT molecular complexity index is 1150. The largest absolute Gasteiger partial charge is 0.294 e. The van der Waals surface area contributed by atoms with Gasteiger partial charge in [0, 0.05) is 23.2 Å². The van der Waals surface area contributed by atoms with E-state index in [0.717, 1.165) is 16.8 Å². The molecule has 2 aromatic carbocycles. The Balaban J connectivity index is 1.55. The molecule has 0 saturated carbocycles. The zero-order valence-corrected chi connectivity index (χ0v) is 15.1. The molecule has 0 N–H and O–H groups in total. The fourth-order valence-corrected chi connectivity index (χ4v) is 3.69. The van der Waals surface area contributed by atoms with E-state index in [1.54, 1.807) is 10.7 Å². The maximum Gasteiger partial charge on any atom is 0.252 e. The zero-order valence-electron chi connectivity index (χ0n) is 14.3. The molecule has 4 aromatic rings. The number of hydrogen-bond donors (Lipinski definition) is 0. The molecule has 1 aliphatic rings. The van der Waals surface area contributed by atoms with Gasteiger partial charge < -0.3 is 0 Å². The molecule has 0 fully saturated rings. The van der Waals surface area contributed by atoms with Crippen molar-refractivity contribution in [1.82, 2.24) is 19.6 Å². The highest BCUT2D eigenvalue weighted by Gasteiger charge is 2.28. The van der Waals surface area contributed by atoms with Crippen LogP contribution in [0.15, 0.2) is 60.8 Å². The smallest absolute Gasteiger partial charge is 0.252 e. The number of hydrogen-bond acceptors (Lipinski definition) is 4. The second-order valence-electron chi connectivity index (χ2n) is 6.73. The van der Waals surface area contributed by atoms with Crippen LogP contribution in [0.5, 0.6) is 0 Å². The number of aromatic nitrogens is 4. The summed E-state index contributed by atoms with van der Waals surface area (Å²) in [5.41, 5.74) is 3.45. The normalized spacial score (nSPS) is 16.5. The number of fused-ring (bicyclic) bond motifs is 2. The first-order valence-corrected chi connectivity index (χ1v) is 9.15. The average molecular weight is 375 g/mol. The fraction of sp³-hybridized carbons (Fsp3) is 0.143. The summed E-state index contributed by atoms with van der Waals surface area (Å²) < 4.78 is 1.60. The summed E-state index contributed by atoms with van der Waals surface area (Å²) in [5, 5.41) is 5.18. The second-order valence-corrected chi connectivity index (χ2v) is 7.16. The van der Waals surface area contributed by atoms with E-state index in [1.165, 1.54) is 0 Å². The summed E-state index contributed by atoms with van der Waals surface area (Å²) in [6, 6.07) is 17.4. The second kappa shape index (κ2) is 6.28. The van der Waals surface area contributed by atoms with Crippen molar-refractivity contribution in [3.8, 4) is 11.4 Å². The molecule has 0 amide bonds. The van der Waals surface area contributed by atoms with Crippen LogP contribution in [0.3, 0.4) is 0 Å². The first-order chi connectivity index (χ1) is 13.2. The lowest BCUT2D eigenvalue weighted by Crippen LogP contribution is -2.21. The Kier molecular flexibility index (Phi) is 3.76. The highest BCUT2D eigenvalue weighted by molar-refractivity contribution is 6.30. The third kappa shape index (κ3) is 2.90. The number of benzene rings is 2. The number of carbonyl (C=O) groups excluding carboxylic acids is 1. The predicted octanol–water partition coefficient (Wildman–Crippen LogP) is 4.36. The third-order valence-corrected chi connectivity index (χ3v) is 5.21. The monoisotopic (exact) mass is 374 g/mol. The van der Waals surface area contributed by atoms with Crippen molar-refractivity contribution in [2.45, 2.75) is 18.8 Å². The van der Waals surface area contributed by atoms with Gasteiger partial charge in [0.25, 0.3) is 5.78 Å². The topological polar surface area (TPSA) is 60.2 Å². The fourth-order valence-electron chi connectivity index (χ4n) is 3.56. The molecule has 5 nitrogen and oxygen atoms in total. The third-order valence-electron chi connectivity index (χ3n) is 4.96. The summed E-state index contributed by atoms with van der Waals surface area (Å²) in [6.45, 7) is 0. The Morgan fingerprint density at radius 2 is 1.74 bits per heavy atom. The summed E-state index contributed by atoms with van der Waals surface area (Å²) in [5.74, 6) is 1.31. The highest BCUT2D eigenvalue weighted by atomic mass is 35.5. The lowest BCUT2D eigenvalue weighted by Gasteiger charge is -2.23. The van der Waals surface area contributed by atoms with Crippen molar-refractivity contribution in [1.29, 1.82) is 0 Å². The minimum atomic E-state index is 0.0855. The van der Waals surface area contributed by atoms with E-state index in [2.05, 4.69) is 15.1 Å². The lowest BCUT2D eigenvalue weighted by molar-refractivity contribution is 0.0962. The first-order valence-electron chi connectivity index (χ1n) is 8.78. The molecule has 27 heavy (non-hydrogen) atoms. The number of nitrogens with zero attached hydrogens (tertiary/aromatic N) is 4. The summed E-state index contributed by atoms with van der Waals surface area (Å²) in [7, 11) is 0. The van der Waals surface area contributed by atoms with Crippen LogP contribution in [0.1, 0.15) is 34.0 Å². The van der Waals surface area contributed by atoms with E-state index in [9.17, 15) is 4.79 Å². The van der Waals surface area contributed by atoms with Gasteiger partial charge in [0.2, 0.25) is 0 Å². The van der Waals surface area contributed by atoms with E-state index < -0.39 is 0 Å². The molecule has 5 rings (SSSR count). The van der Waals surface area contributed by atoms with Crippen molar-refractivity contribution in [3.05, 3.63) is 82.6 Å². The zero-order chi connectivity index (χ0) is 18.4. The van der Waals surface area contributed by atoms with Crippen molar-refractivity contribution in [2.24, 2.45) is 0 Å². The van der Waals surface area contributed by atoms with Crippen molar-refractivity contribution < 1.29 is 4.79 Å². The molecule has 2 heterocycles. The minimum Gasteiger partial charge on any atom is -0.294 e. The summed E-state index contributed by atoms with van der Waals surface area (Å²) in [6.07, 6.45) is 2.92. The van der Waals surface area contributed by atoms with E-state index >= 15 is 0 Å². The van der Waals surface area contributed by atoms with Gasteiger partial charge in [-0.1, -0.05) is 54.1 Å². The van der Waals surface area contributed by atoms with Gasteiger partial charge in [0.05, 0.1) is 11.3 Å². The highest BCUT2D eigenvalue weighted by Crippen LogP contribution is 2.32. The molecule has 1 unspecified atom stereocenters. The maximum atomic E-state index is 12.7. The van der Waals surface area contributed by atoms with Crippen LogP contribution >= 0.6 is 11.6 Å². The molecular formula is C21H15ClN4O. The molecule has 1 aliphatic carbocycles. The maximum absolute atomic E-state index is 12.7. The quantitative estimate of drug-likeness (QED) is 0.523. The number of carbonyl (C=O) groups is 1. The standard InChI is InChI=1S/C21H15ClN4O/c22-16-8-6-13(7-9-16)15-10-18-17(19(27)11-15)12-26-21(23-18)24-20(25-26)14-4-2-1-3-5-14/h1-9,12,15H,10-11H2. The predicted molar refractivity (Wildman–Crippen MR) is 103 cm³/mol. The Labute approximate surface area is 160 Å². The van der Waals surface area contributed by atoms with E-state index in [4.69, 9.17) is 11.6 Å². The van der Waals surface area contributed by atoms with Gasteiger partial charge in [-0.3, -0.25) is 4.79 Å². The molecule has 0 bridgehead atoms. The molecule has 0 radical (unpaired) electrons. The van der Waals surface area contributed by atoms with Gasteiger partial charge in [-0.15, -0.1) is 5.10 Å². The van der Waals surface area contributed by atoms with Gasteiger partial charge in [0.1, 0.15) is 0 Å². The molecule has 0 saturated heterocycles. The molecular weight excluding hydrogens is 360 g/mol. The van der Waals surface area contributed by atoms with Gasteiger partial charge in [-0.25, -0.2) is 9.50 Å². The van der Waals surface area contributed by atoms with Gasteiger partial charge in [0.15, 0.2) is 11.6 Å². The Morgan fingerprint density at radius 1 is 0.963 bits per heavy atom. The Morgan fingerprint density at radius 3 is 2.52 bits per heavy atom. The molecule has 1 atom stereocenters. The van der Waals surface area contributed by atoms with Crippen molar-refractivity contribution >= 4 is 23.2 Å². The van der Waals surface area contributed by atoms with E-state index in [-0.39, 0.29) is 11.7 Å². The first kappa shape index (κ1) is 16.1. The number of ketones is 1. The number of rotatable bonds is 2. The summed E-state index contributed by atoms with van der Waals surface area (Å²) >= 11 is 5.98. The molecule has 2 aromatic heterocycles. The number of halogens is 1. The molecule has 132 valence electrons. The minimum absolute atomic E-state index is 0.0855. The van der Waals surface area contributed by atoms with Crippen LogP contribution in [0.2, 0.25) is 5.02 Å². The van der Waals surface area contributed by atoms with Crippen molar-refractivity contribution in [3.63, 3.8) is 0 Å². The lowest BCUT2D eigenvalue weighted by atomic mass is 9.82. The molecule has 6 heteroatoms. The van der Waals surface area contributed by atoms with Gasteiger partial charge in [-0.05, 0) is 30.0 Å². The van der Waals surface area contributed by atoms with Crippen LogP contribution in [0.4, 0.5) is 0 Å². The molecule has 0 spiro atoms. The van der Waals surface area contributed by atoms with Crippen LogP contribution < -0.4 is 0 Å².